The molecule has 0 bridgehead atoms. The molecular weight excluding hydrogens is 342 g/mol. The molecule has 2 N–H and O–H groups in total. The molecule has 8 nitrogen and oxygen atoms in total. The average molecular weight is 355 g/mol. The molecule has 0 aliphatic rings. The van der Waals surface area contributed by atoms with Crippen molar-refractivity contribution in [3.63, 3.8) is 0 Å². The SMILES string of the molecule is NC(=O)CSc1nnc(-c2ccc([N+](=O)[O-])cc2)n1-c1ccccc1. The standard InChI is InChI=1S/C16H13N5O3S/c17-14(22)10-25-16-19-18-15(20(16)12-4-2-1-3-5-12)11-6-8-13(9-7-11)21(23)24/h1-9H,10H2,(H2,17,22). The Hall–Kier alpha value is -3.20. The third-order valence-corrected chi connectivity index (χ3v) is 4.28. The third kappa shape index (κ3) is 3.66. The van der Waals surface area contributed by atoms with Gasteiger partial charge in [-0.1, -0.05) is 30.0 Å². The highest BCUT2D eigenvalue weighted by Gasteiger charge is 2.17. The van der Waals surface area contributed by atoms with Crippen LogP contribution in [0.3, 0.4) is 0 Å². The molecule has 126 valence electrons. The molecule has 25 heavy (non-hydrogen) atoms. The Bertz CT molecular complexity index is 909. The van der Waals surface area contributed by atoms with Crippen molar-refractivity contribution in [3.05, 3.63) is 64.7 Å². The van der Waals surface area contributed by atoms with Crippen LogP contribution in [0.25, 0.3) is 17.1 Å². The molecule has 0 atom stereocenters. The lowest BCUT2D eigenvalue weighted by Crippen LogP contribution is -2.13. The number of carbonyl (C=O) groups is 1. The van der Waals surface area contributed by atoms with E-state index in [0.29, 0.717) is 16.5 Å². The number of aromatic nitrogens is 3. The number of para-hydroxylation sites is 1. The Labute approximate surface area is 146 Å². The number of nitrogens with two attached hydrogens (primary N) is 1. The summed E-state index contributed by atoms with van der Waals surface area (Å²) in [5.41, 5.74) is 6.70. The second-order valence-corrected chi connectivity index (χ2v) is 5.98. The first-order chi connectivity index (χ1) is 12.1. The molecule has 1 amide bonds. The van der Waals surface area contributed by atoms with E-state index in [2.05, 4.69) is 10.2 Å². The first kappa shape index (κ1) is 16.7. The fourth-order valence-corrected chi connectivity index (χ4v) is 2.92. The smallest absolute Gasteiger partial charge is 0.269 e. The molecule has 0 unspecified atom stereocenters. The number of nitro groups is 1. The van der Waals surface area contributed by atoms with E-state index in [4.69, 9.17) is 5.73 Å². The Kier molecular flexibility index (Phi) is 4.75. The molecule has 1 heterocycles. The van der Waals surface area contributed by atoms with Crippen molar-refractivity contribution in [2.24, 2.45) is 5.73 Å². The molecule has 0 aliphatic heterocycles. The van der Waals surface area contributed by atoms with Crippen molar-refractivity contribution in [1.29, 1.82) is 0 Å². The Morgan fingerprint density at radius 3 is 2.40 bits per heavy atom. The zero-order valence-corrected chi connectivity index (χ0v) is 13.7. The van der Waals surface area contributed by atoms with E-state index in [1.54, 1.807) is 16.7 Å². The number of carbonyl (C=O) groups excluding carboxylic acids is 1. The van der Waals surface area contributed by atoms with Crippen LogP contribution < -0.4 is 5.73 Å². The van der Waals surface area contributed by atoms with Gasteiger partial charge in [-0.2, -0.15) is 0 Å². The van der Waals surface area contributed by atoms with Crippen LogP contribution in [0.5, 0.6) is 0 Å². The summed E-state index contributed by atoms with van der Waals surface area (Å²) < 4.78 is 1.79. The van der Waals surface area contributed by atoms with Gasteiger partial charge in [-0.3, -0.25) is 19.5 Å². The van der Waals surface area contributed by atoms with Gasteiger partial charge in [0.15, 0.2) is 11.0 Å². The van der Waals surface area contributed by atoms with E-state index in [1.807, 2.05) is 30.3 Å². The summed E-state index contributed by atoms with van der Waals surface area (Å²) in [6.45, 7) is 0. The lowest BCUT2D eigenvalue weighted by Gasteiger charge is -2.09. The van der Waals surface area contributed by atoms with Crippen molar-refractivity contribution < 1.29 is 9.72 Å². The first-order valence-corrected chi connectivity index (χ1v) is 8.21. The van der Waals surface area contributed by atoms with E-state index in [-0.39, 0.29) is 11.4 Å². The van der Waals surface area contributed by atoms with Crippen LogP contribution in [0.4, 0.5) is 5.69 Å². The molecule has 3 rings (SSSR count). The summed E-state index contributed by atoms with van der Waals surface area (Å²) in [6, 6.07) is 15.4. The number of amides is 1. The highest BCUT2D eigenvalue weighted by atomic mass is 32.2. The molecule has 0 spiro atoms. The van der Waals surface area contributed by atoms with E-state index >= 15 is 0 Å². The van der Waals surface area contributed by atoms with Crippen molar-refractivity contribution >= 4 is 23.4 Å². The zero-order chi connectivity index (χ0) is 17.8. The maximum Gasteiger partial charge on any atom is 0.269 e. The molecule has 3 aromatic rings. The first-order valence-electron chi connectivity index (χ1n) is 7.23. The predicted octanol–water partition coefficient (Wildman–Crippen LogP) is 2.42. The summed E-state index contributed by atoms with van der Waals surface area (Å²) in [7, 11) is 0. The number of primary amides is 1. The lowest BCUT2D eigenvalue weighted by molar-refractivity contribution is -0.384. The van der Waals surface area contributed by atoms with Gasteiger partial charge in [-0.25, -0.2) is 0 Å². The monoisotopic (exact) mass is 355 g/mol. The van der Waals surface area contributed by atoms with E-state index < -0.39 is 10.8 Å². The van der Waals surface area contributed by atoms with Gasteiger partial charge in [0, 0.05) is 23.4 Å². The fourth-order valence-electron chi connectivity index (χ4n) is 2.23. The van der Waals surface area contributed by atoms with Gasteiger partial charge < -0.3 is 5.73 Å². The maximum atomic E-state index is 11.1. The van der Waals surface area contributed by atoms with E-state index in [1.165, 1.54) is 23.9 Å². The van der Waals surface area contributed by atoms with Crippen molar-refractivity contribution in [3.8, 4) is 17.1 Å². The second-order valence-electron chi connectivity index (χ2n) is 5.04. The number of nitrogens with zero attached hydrogens (tertiary/aromatic N) is 4. The van der Waals surface area contributed by atoms with Crippen molar-refractivity contribution in [2.45, 2.75) is 5.16 Å². The minimum Gasteiger partial charge on any atom is -0.369 e. The molecule has 0 radical (unpaired) electrons. The summed E-state index contributed by atoms with van der Waals surface area (Å²) in [6.07, 6.45) is 0. The average Bonchev–Trinajstić information content (AvgIpc) is 3.04. The molecule has 0 saturated carbocycles. The fraction of sp³-hybridized carbons (Fsp3) is 0.0625. The summed E-state index contributed by atoms with van der Waals surface area (Å²) in [5.74, 6) is 0.142. The molecule has 2 aromatic carbocycles. The molecule has 0 aliphatic carbocycles. The maximum absolute atomic E-state index is 11.1. The Morgan fingerprint density at radius 2 is 1.80 bits per heavy atom. The van der Waals surface area contributed by atoms with Crippen molar-refractivity contribution in [1.82, 2.24) is 14.8 Å². The van der Waals surface area contributed by atoms with Gasteiger partial charge in [0.2, 0.25) is 5.91 Å². The van der Waals surface area contributed by atoms with Crippen LogP contribution >= 0.6 is 11.8 Å². The van der Waals surface area contributed by atoms with Crippen molar-refractivity contribution in [2.75, 3.05) is 5.75 Å². The Morgan fingerprint density at radius 1 is 1.12 bits per heavy atom. The number of nitro benzene ring substituents is 1. The van der Waals surface area contributed by atoms with Gasteiger partial charge in [-0.15, -0.1) is 10.2 Å². The predicted molar refractivity (Wildman–Crippen MR) is 93.4 cm³/mol. The number of rotatable bonds is 6. The minimum absolute atomic E-state index is 0.00199. The third-order valence-electron chi connectivity index (χ3n) is 3.33. The second kappa shape index (κ2) is 7.14. The zero-order valence-electron chi connectivity index (χ0n) is 12.9. The van der Waals surface area contributed by atoms with Crippen LogP contribution in [-0.4, -0.2) is 31.3 Å². The minimum atomic E-state index is -0.458. The summed E-state index contributed by atoms with van der Waals surface area (Å²) in [5, 5.41) is 19.6. The van der Waals surface area contributed by atoms with Crippen LogP contribution in [0.15, 0.2) is 59.8 Å². The van der Waals surface area contributed by atoms with Gasteiger partial charge in [0.25, 0.3) is 5.69 Å². The van der Waals surface area contributed by atoms with Crippen LogP contribution in [0.1, 0.15) is 0 Å². The lowest BCUT2D eigenvalue weighted by atomic mass is 10.2. The van der Waals surface area contributed by atoms with Gasteiger partial charge in [0.05, 0.1) is 10.7 Å². The van der Waals surface area contributed by atoms with Crippen LogP contribution in [0, 0.1) is 10.1 Å². The van der Waals surface area contributed by atoms with Gasteiger partial charge >= 0.3 is 0 Å². The van der Waals surface area contributed by atoms with E-state index in [0.717, 1.165) is 5.69 Å². The number of hydrogen-bond donors (Lipinski definition) is 1. The number of thioether (sulfide) groups is 1. The van der Waals surface area contributed by atoms with E-state index in [9.17, 15) is 14.9 Å². The number of benzene rings is 2. The molecular formula is C16H13N5O3S. The van der Waals surface area contributed by atoms with Gasteiger partial charge in [0.1, 0.15) is 0 Å². The molecule has 0 fully saturated rings. The highest BCUT2D eigenvalue weighted by Crippen LogP contribution is 2.28. The number of hydrogen-bond acceptors (Lipinski definition) is 6. The summed E-state index contributed by atoms with van der Waals surface area (Å²) >= 11 is 1.18. The number of non-ortho nitro benzene ring substituents is 1. The quantitative estimate of drug-likeness (QED) is 0.412. The normalized spacial score (nSPS) is 10.6. The molecule has 1 aromatic heterocycles. The van der Waals surface area contributed by atoms with Crippen LogP contribution in [0.2, 0.25) is 0 Å². The van der Waals surface area contributed by atoms with Crippen LogP contribution in [-0.2, 0) is 4.79 Å². The molecule has 9 heteroatoms. The topological polar surface area (TPSA) is 117 Å². The largest absolute Gasteiger partial charge is 0.369 e. The Balaban J connectivity index is 2.07. The highest BCUT2D eigenvalue weighted by molar-refractivity contribution is 7.99. The summed E-state index contributed by atoms with van der Waals surface area (Å²) in [4.78, 5) is 21.4. The molecule has 0 saturated heterocycles. The van der Waals surface area contributed by atoms with Gasteiger partial charge in [-0.05, 0) is 24.3 Å².